The number of hydrogen-bond acceptors (Lipinski definition) is 5. The maximum Gasteiger partial charge on any atom is 0.231 e. The lowest BCUT2D eigenvalue weighted by Crippen LogP contribution is -2.22. The first-order chi connectivity index (χ1) is 10.8. The number of carbonyl (C=O) groups is 1. The molecule has 1 saturated heterocycles. The van der Waals surface area contributed by atoms with E-state index in [0.29, 0.717) is 13.0 Å². The van der Waals surface area contributed by atoms with Crippen LogP contribution in [0.25, 0.3) is 0 Å². The lowest BCUT2D eigenvalue weighted by atomic mass is 10.1. The van der Waals surface area contributed by atoms with Gasteiger partial charge in [0, 0.05) is 24.0 Å². The summed E-state index contributed by atoms with van der Waals surface area (Å²) in [6, 6.07) is 5.78. The molecule has 1 fully saturated rings. The summed E-state index contributed by atoms with van der Waals surface area (Å²) in [5, 5.41) is 3.78. The highest BCUT2D eigenvalue weighted by Crippen LogP contribution is 2.39. The SMILES string of the molecule is O=C(CCCC[C@@H]1CCSS1)NCc1ccc2c(c1)OCO2. The quantitative estimate of drug-likeness (QED) is 0.606. The molecular weight excluding hydrogens is 318 g/mol. The number of nitrogens with one attached hydrogen (secondary N) is 1. The van der Waals surface area contributed by atoms with Gasteiger partial charge in [-0.3, -0.25) is 4.79 Å². The van der Waals surface area contributed by atoms with Crippen LogP contribution in [0.4, 0.5) is 0 Å². The second kappa shape index (κ2) is 8.02. The van der Waals surface area contributed by atoms with Gasteiger partial charge in [-0.2, -0.15) is 0 Å². The summed E-state index contributed by atoms with van der Waals surface area (Å²) in [7, 11) is 3.99. The molecular formula is C16H21NO3S2. The van der Waals surface area contributed by atoms with Crippen LogP contribution in [-0.4, -0.2) is 23.7 Å². The molecule has 4 nitrogen and oxygen atoms in total. The van der Waals surface area contributed by atoms with Gasteiger partial charge >= 0.3 is 0 Å². The van der Waals surface area contributed by atoms with E-state index in [1.807, 2.05) is 39.8 Å². The lowest BCUT2D eigenvalue weighted by molar-refractivity contribution is -0.121. The van der Waals surface area contributed by atoms with E-state index in [4.69, 9.17) is 9.47 Å². The summed E-state index contributed by atoms with van der Waals surface area (Å²) in [6.07, 6.45) is 5.32. The minimum Gasteiger partial charge on any atom is -0.454 e. The Labute approximate surface area is 139 Å². The molecule has 6 heteroatoms. The molecule has 1 N–H and O–H groups in total. The summed E-state index contributed by atoms with van der Waals surface area (Å²) in [5.74, 6) is 2.95. The largest absolute Gasteiger partial charge is 0.454 e. The van der Waals surface area contributed by atoms with Gasteiger partial charge in [0.15, 0.2) is 11.5 Å². The van der Waals surface area contributed by atoms with Crippen LogP contribution in [0.5, 0.6) is 11.5 Å². The second-order valence-corrected chi connectivity index (χ2v) is 8.33. The molecule has 0 saturated carbocycles. The first-order valence-corrected chi connectivity index (χ1v) is 10.1. The average Bonchev–Trinajstić information content (AvgIpc) is 3.20. The molecule has 1 amide bonds. The van der Waals surface area contributed by atoms with Crippen molar-refractivity contribution in [1.82, 2.24) is 5.32 Å². The number of ether oxygens (including phenoxy) is 2. The van der Waals surface area contributed by atoms with Crippen molar-refractivity contribution < 1.29 is 14.3 Å². The van der Waals surface area contributed by atoms with Crippen molar-refractivity contribution in [2.75, 3.05) is 12.5 Å². The van der Waals surface area contributed by atoms with E-state index in [0.717, 1.165) is 35.2 Å². The summed E-state index contributed by atoms with van der Waals surface area (Å²) >= 11 is 0. The number of fused-ring (bicyclic) bond motifs is 1. The molecule has 2 aliphatic heterocycles. The van der Waals surface area contributed by atoms with Crippen LogP contribution >= 0.6 is 21.6 Å². The van der Waals surface area contributed by atoms with E-state index < -0.39 is 0 Å². The number of amides is 1. The van der Waals surface area contributed by atoms with Crippen LogP contribution in [-0.2, 0) is 11.3 Å². The maximum atomic E-state index is 11.9. The molecule has 22 heavy (non-hydrogen) atoms. The van der Waals surface area contributed by atoms with E-state index in [-0.39, 0.29) is 12.7 Å². The number of hydrogen-bond donors (Lipinski definition) is 1. The molecule has 120 valence electrons. The number of unbranched alkanes of at least 4 members (excludes halogenated alkanes) is 1. The molecule has 1 aromatic rings. The second-order valence-electron chi connectivity index (χ2n) is 5.54. The lowest BCUT2D eigenvalue weighted by Gasteiger charge is -2.08. The number of benzene rings is 1. The van der Waals surface area contributed by atoms with Crippen molar-refractivity contribution >= 4 is 27.5 Å². The highest BCUT2D eigenvalue weighted by atomic mass is 33.1. The first kappa shape index (κ1) is 15.9. The summed E-state index contributed by atoms with van der Waals surface area (Å²) in [4.78, 5) is 11.9. The Kier molecular flexibility index (Phi) is 5.78. The molecule has 0 aromatic heterocycles. The molecule has 0 spiro atoms. The Balaban J connectivity index is 1.32. The Morgan fingerprint density at radius 2 is 2.18 bits per heavy atom. The van der Waals surface area contributed by atoms with Crippen LogP contribution in [0.2, 0.25) is 0 Å². The third-order valence-electron chi connectivity index (χ3n) is 3.83. The zero-order chi connectivity index (χ0) is 15.2. The molecule has 3 rings (SSSR count). The summed E-state index contributed by atoms with van der Waals surface area (Å²) in [6.45, 7) is 0.827. The van der Waals surface area contributed by atoms with E-state index in [1.54, 1.807) is 0 Å². The minimum atomic E-state index is 0.131. The van der Waals surface area contributed by atoms with Gasteiger partial charge in [-0.25, -0.2) is 0 Å². The van der Waals surface area contributed by atoms with E-state index >= 15 is 0 Å². The van der Waals surface area contributed by atoms with Gasteiger partial charge in [-0.1, -0.05) is 34.1 Å². The third-order valence-corrected chi connectivity index (χ3v) is 6.84. The molecule has 2 heterocycles. The molecule has 0 aliphatic carbocycles. The highest BCUT2D eigenvalue weighted by Gasteiger charge is 2.16. The van der Waals surface area contributed by atoms with Crippen LogP contribution in [0.15, 0.2) is 18.2 Å². The third kappa shape index (κ3) is 4.49. The van der Waals surface area contributed by atoms with Crippen molar-refractivity contribution in [2.45, 2.75) is 43.9 Å². The number of rotatable bonds is 7. The van der Waals surface area contributed by atoms with Gasteiger partial charge in [0.05, 0.1) is 0 Å². The zero-order valence-corrected chi connectivity index (χ0v) is 14.1. The molecule has 0 bridgehead atoms. The van der Waals surface area contributed by atoms with Gasteiger partial charge < -0.3 is 14.8 Å². The van der Waals surface area contributed by atoms with Crippen molar-refractivity contribution in [3.63, 3.8) is 0 Å². The maximum absolute atomic E-state index is 11.9. The fourth-order valence-corrected chi connectivity index (χ4v) is 5.59. The molecule has 0 unspecified atom stereocenters. The van der Waals surface area contributed by atoms with Crippen LogP contribution in [0.3, 0.4) is 0 Å². The van der Waals surface area contributed by atoms with Crippen molar-refractivity contribution in [1.29, 1.82) is 0 Å². The van der Waals surface area contributed by atoms with Gasteiger partial charge in [0.2, 0.25) is 12.7 Å². The topological polar surface area (TPSA) is 47.6 Å². The smallest absolute Gasteiger partial charge is 0.231 e. The Hall–Kier alpha value is -1.01. The average molecular weight is 339 g/mol. The standard InChI is InChI=1S/C16H21NO3S2/c18-16(4-2-1-3-13-7-8-21-22-13)17-10-12-5-6-14-15(9-12)20-11-19-14/h5-6,9,13H,1-4,7-8,10-11H2,(H,17,18)/t13-/m1/s1. The van der Waals surface area contributed by atoms with Crippen molar-refractivity contribution in [2.24, 2.45) is 0 Å². The van der Waals surface area contributed by atoms with E-state index in [9.17, 15) is 4.79 Å². The minimum absolute atomic E-state index is 0.131. The Bertz CT molecular complexity index is 518. The van der Waals surface area contributed by atoms with Gasteiger partial charge in [0.1, 0.15) is 0 Å². The van der Waals surface area contributed by atoms with E-state index in [2.05, 4.69) is 5.32 Å². The zero-order valence-electron chi connectivity index (χ0n) is 12.5. The Morgan fingerprint density at radius 1 is 1.27 bits per heavy atom. The monoisotopic (exact) mass is 339 g/mol. The molecule has 1 atom stereocenters. The molecule has 0 radical (unpaired) electrons. The fourth-order valence-electron chi connectivity index (χ4n) is 2.56. The predicted molar refractivity (Wildman–Crippen MR) is 91.3 cm³/mol. The van der Waals surface area contributed by atoms with Crippen LogP contribution in [0, 0.1) is 0 Å². The predicted octanol–water partition coefficient (Wildman–Crippen LogP) is 3.75. The normalized spacial score (nSPS) is 19.4. The highest BCUT2D eigenvalue weighted by molar-refractivity contribution is 8.77. The fraction of sp³-hybridized carbons (Fsp3) is 0.562. The van der Waals surface area contributed by atoms with Gasteiger partial charge in [-0.15, -0.1) is 0 Å². The van der Waals surface area contributed by atoms with Crippen LogP contribution in [0.1, 0.15) is 37.7 Å². The summed E-state index contributed by atoms with van der Waals surface area (Å²) < 4.78 is 10.6. The van der Waals surface area contributed by atoms with Crippen molar-refractivity contribution in [3.8, 4) is 11.5 Å². The number of carbonyl (C=O) groups excluding carboxylic acids is 1. The van der Waals surface area contributed by atoms with Crippen LogP contribution < -0.4 is 14.8 Å². The molecule has 1 aromatic carbocycles. The molecule has 2 aliphatic rings. The van der Waals surface area contributed by atoms with E-state index in [1.165, 1.54) is 18.6 Å². The van der Waals surface area contributed by atoms with Gasteiger partial charge in [0.25, 0.3) is 0 Å². The summed E-state index contributed by atoms with van der Waals surface area (Å²) in [5.41, 5.74) is 1.04. The first-order valence-electron chi connectivity index (χ1n) is 7.75. The Morgan fingerprint density at radius 3 is 3.05 bits per heavy atom. The van der Waals surface area contributed by atoms with Crippen molar-refractivity contribution in [3.05, 3.63) is 23.8 Å². The van der Waals surface area contributed by atoms with Gasteiger partial charge in [-0.05, 0) is 37.0 Å².